The molecule has 21 heavy (non-hydrogen) atoms. The molecule has 0 fully saturated rings. The van der Waals surface area contributed by atoms with Gasteiger partial charge in [0.2, 0.25) is 5.91 Å². The average Bonchev–Trinajstić information content (AvgIpc) is 2.37. The summed E-state index contributed by atoms with van der Waals surface area (Å²) in [6, 6.07) is 15.8. The monoisotopic (exact) mass is 345 g/mol. The number of hydrogen-bond donors (Lipinski definition) is 1. The molecule has 0 saturated carbocycles. The third-order valence-electron chi connectivity index (χ3n) is 3.26. The molecule has 2 aromatic carbocycles. The molecule has 2 aromatic rings. The Morgan fingerprint density at radius 3 is 2.48 bits per heavy atom. The Morgan fingerprint density at radius 2 is 1.81 bits per heavy atom. The Balaban J connectivity index is 2.14. The second kappa shape index (κ2) is 6.44. The predicted molar refractivity (Wildman–Crippen MR) is 91.6 cm³/mol. The van der Waals surface area contributed by atoms with Crippen molar-refractivity contribution in [2.24, 2.45) is 0 Å². The van der Waals surface area contributed by atoms with Gasteiger partial charge in [-0.1, -0.05) is 67.0 Å². The fraction of sp³-hybridized carbons (Fsp3) is 0.278. The van der Waals surface area contributed by atoms with Crippen LogP contribution in [0.4, 0.5) is 5.69 Å². The molecule has 0 atom stereocenters. The van der Waals surface area contributed by atoms with Gasteiger partial charge in [0.05, 0.1) is 6.42 Å². The van der Waals surface area contributed by atoms with E-state index >= 15 is 0 Å². The number of anilines is 1. The van der Waals surface area contributed by atoms with Crippen LogP contribution in [0.15, 0.2) is 53.0 Å². The summed E-state index contributed by atoms with van der Waals surface area (Å²) < 4.78 is 0.989. The number of nitrogens with one attached hydrogen (secondary N) is 1. The van der Waals surface area contributed by atoms with Crippen molar-refractivity contribution in [1.29, 1.82) is 0 Å². The minimum atomic E-state index is -0.000349. The van der Waals surface area contributed by atoms with E-state index < -0.39 is 0 Å². The largest absolute Gasteiger partial charge is 0.326 e. The number of benzene rings is 2. The maximum Gasteiger partial charge on any atom is 0.228 e. The highest BCUT2D eigenvalue weighted by molar-refractivity contribution is 9.10. The van der Waals surface area contributed by atoms with Gasteiger partial charge in [0.25, 0.3) is 0 Å². The number of rotatable bonds is 3. The molecule has 0 radical (unpaired) electrons. The third kappa shape index (κ3) is 4.43. The zero-order valence-corrected chi connectivity index (χ0v) is 14.2. The summed E-state index contributed by atoms with van der Waals surface area (Å²) in [6.45, 7) is 6.44. The van der Waals surface area contributed by atoms with Gasteiger partial charge in [0, 0.05) is 10.2 Å². The van der Waals surface area contributed by atoms with Crippen molar-refractivity contribution in [1.82, 2.24) is 0 Å². The van der Waals surface area contributed by atoms with Crippen molar-refractivity contribution in [3.8, 4) is 0 Å². The Kier molecular flexibility index (Phi) is 4.84. The molecule has 0 aromatic heterocycles. The normalized spacial score (nSPS) is 11.2. The van der Waals surface area contributed by atoms with Gasteiger partial charge in [-0.05, 0) is 34.7 Å². The maximum atomic E-state index is 12.2. The number of carbonyl (C=O) groups excluding carboxylic acids is 1. The Morgan fingerprint density at radius 1 is 1.10 bits per heavy atom. The van der Waals surface area contributed by atoms with Crippen LogP contribution < -0.4 is 5.32 Å². The second-order valence-electron chi connectivity index (χ2n) is 6.15. The molecule has 2 nitrogen and oxygen atoms in total. The van der Waals surface area contributed by atoms with Crippen molar-refractivity contribution in [2.45, 2.75) is 32.6 Å². The summed E-state index contributed by atoms with van der Waals surface area (Å²) in [6.07, 6.45) is 0.373. The molecule has 0 aliphatic carbocycles. The molecular formula is C18H20BrNO. The van der Waals surface area contributed by atoms with E-state index in [1.165, 1.54) is 0 Å². The number of para-hydroxylation sites is 1. The SMILES string of the molecule is CC(C)(C)c1ccccc1NC(=O)Cc1cccc(Br)c1. The molecule has 0 aliphatic heterocycles. The first-order valence-electron chi connectivity index (χ1n) is 7.00. The van der Waals surface area contributed by atoms with E-state index in [1.807, 2.05) is 42.5 Å². The van der Waals surface area contributed by atoms with Crippen LogP contribution >= 0.6 is 15.9 Å². The highest BCUT2D eigenvalue weighted by Crippen LogP contribution is 2.29. The molecule has 3 heteroatoms. The molecule has 2 rings (SSSR count). The number of halogens is 1. The van der Waals surface area contributed by atoms with E-state index in [4.69, 9.17) is 0 Å². The summed E-state index contributed by atoms with van der Waals surface area (Å²) >= 11 is 3.42. The van der Waals surface area contributed by atoms with Crippen LogP contribution in [0, 0.1) is 0 Å². The lowest BCUT2D eigenvalue weighted by atomic mass is 9.86. The first kappa shape index (κ1) is 15.8. The lowest BCUT2D eigenvalue weighted by Gasteiger charge is -2.23. The summed E-state index contributed by atoms with van der Waals surface area (Å²) in [4.78, 5) is 12.2. The quantitative estimate of drug-likeness (QED) is 0.839. The molecule has 110 valence electrons. The zero-order valence-electron chi connectivity index (χ0n) is 12.6. The fourth-order valence-electron chi connectivity index (χ4n) is 2.27. The minimum absolute atomic E-state index is 0.000349. The molecule has 0 heterocycles. The average molecular weight is 346 g/mol. The van der Waals surface area contributed by atoms with Crippen LogP contribution in [0.3, 0.4) is 0 Å². The summed E-state index contributed by atoms with van der Waals surface area (Å²) in [7, 11) is 0. The lowest BCUT2D eigenvalue weighted by molar-refractivity contribution is -0.115. The minimum Gasteiger partial charge on any atom is -0.326 e. The smallest absolute Gasteiger partial charge is 0.228 e. The third-order valence-corrected chi connectivity index (χ3v) is 3.76. The van der Waals surface area contributed by atoms with E-state index in [9.17, 15) is 4.79 Å². The van der Waals surface area contributed by atoms with Crippen molar-refractivity contribution in [3.05, 3.63) is 64.1 Å². The van der Waals surface area contributed by atoms with Crippen molar-refractivity contribution in [3.63, 3.8) is 0 Å². The molecule has 0 saturated heterocycles. The first-order valence-corrected chi connectivity index (χ1v) is 7.79. The van der Waals surface area contributed by atoms with Gasteiger partial charge in [-0.3, -0.25) is 4.79 Å². The number of hydrogen-bond acceptors (Lipinski definition) is 1. The number of amides is 1. The van der Waals surface area contributed by atoms with Crippen LogP contribution in [0.25, 0.3) is 0 Å². The lowest BCUT2D eigenvalue weighted by Crippen LogP contribution is -2.19. The van der Waals surface area contributed by atoms with Gasteiger partial charge in [-0.25, -0.2) is 0 Å². The second-order valence-corrected chi connectivity index (χ2v) is 7.07. The van der Waals surface area contributed by atoms with E-state index in [1.54, 1.807) is 0 Å². The fourth-order valence-corrected chi connectivity index (χ4v) is 2.72. The highest BCUT2D eigenvalue weighted by atomic mass is 79.9. The van der Waals surface area contributed by atoms with Gasteiger partial charge in [-0.15, -0.1) is 0 Å². The van der Waals surface area contributed by atoms with Crippen LogP contribution in [-0.2, 0) is 16.6 Å². The maximum absolute atomic E-state index is 12.2. The van der Waals surface area contributed by atoms with E-state index in [0.29, 0.717) is 6.42 Å². The Labute approximate surface area is 134 Å². The van der Waals surface area contributed by atoms with Gasteiger partial charge < -0.3 is 5.32 Å². The predicted octanol–water partition coefficient (Wildman–Crippen LogP) is 4.93. The Bertz CT molecular complexity index is 644. The van der Waals surface area contributed by atoms with Crippen molar-refractivity contribution in [2.75, 3.05) is 5.32 Å². The molecule has 0 aliphatic rings. The van der Waals surface area contributed by atoms with Crippen LogP contribution in [0.5, 0.6) is 0 Å². The summed E-state index contributed by atoms with van der Waals surface area (Å²) in [5.41, 5.74) is 3.03. The molecule has 0 bridgehead atoms. The highest BCUT2D eigenvalue weighted by Gasteiger charge is 2.18. The van der Waals surface area contributed by atoms with E-state index in [0.717, 1.165) is 21.3 Å². The van der Waals surface area contributed by atoms with E-state index in [-0.39, 0.29) is 11.3 Å². The molecule has 0 spiro atoms. The summed E-state index contributed by atoms with van der Waals surface area (Å²) in [5.74, 6) is 0.00444. The van der Waals surface area contributed by atoms with Gasteiger partial charge in [0.1, 0.15) is 0 Å². The summed E-state index contributed by atoms with van der Waals surface area (Å²) in [5, 5.41) is 3.03. The van der Waals surface area contributed by atoms with Crippen molar-refractivity contribution < 1.29 is 4.79 Å². The van der Waals surface area contributed by atoms with Gasteiger partial charge in [-0.2, -0.15) is 0 Å². The zero-order chi connectivity index (χ0) is 15.5. The van der Waals surface area contributed by atoms with Crippen LogP contribution in [0.1, 0.15) is 31.9 Å². The topological polar surface area (TPSA) is 29.1 Å². The standard InChI is InChI=1S/C18H20BrNO/c1-18(2,3)15-9-4-5-10-16(15)20-17(21)12-13-7-6-8-14(19)11-13/h4-11H,12H2,1-3H3,(H,20,21). The van der Waals surface area contributed by atoms with Gasteiger partial charge >= 0.3 is 0 Å². The molecule has 1 N–H and O–H groups in total. The molecule has 1 amide bonds. The molecular weight excluding hydrogens is 326 g/mol. The number of carbonyl (C=O) groups is 1. The Hall–Kier alpha value is -1.61. The van der Waals surface area contributed by atoms with Crippen molar-refractivity contribution >= 4 is 27.5 Å². The molecule has 0 unspecified atom stereocenters. The van der Waals surface area contributed by atoms with Crippen LogP contribution in [0.2, 0.25) is 0 Å². The van der Waals surface area contributed by atoms with Gasteiger partial charge in [0.15, 0.2) is 0 Å². The van der Waals surface area contributed by atoms with E-state index in [2.05, 4.69) is 48.1 Å². The van der Waals surface area contributed by atoms with Crippen LogP contribution in [-0.4, -0.2) is 5.91 Å². The first-order chi connectivity index (χ1) is 9.86.